The maximum atomic E-state index is 12.4. The first-order valence-corrected chi connectivity index (χ1v) is 10.6. The second kappa shape index (κ2) is 11.4. The van der Waals surface area contributed by atoms with Gasteiger partial charge in [-0.1, -0.05) is 37.3 Å². The van der Waals surface area contributed by atoms with Gasteiger partial charge in [0.15, 0.2) is 0 Å². The Morgan fingerprint density at radius 2 is 1.72 bits per heavy atom. The van der Waals surface area contributed by atoms with Crippen molar-refractivity contribution in [3.63, 3.8) is 0 Å². The number of esters is 2. The first kappa shape index (κ1) is 22.6. The van der Waals surface area contributed by atoms with Gasteiger partial charge in [-0.3, -0.25) is 9.59 Å². The maximum Gasteiger partial charge on any atom is 0.341 e. The predicted octanol–water partition coefficient (Wildman–Crippen LogP) is 4.75. The molecule has 0 aliphatic heterocycles. The van der Waals surface area contributed by atoms with Crippen LogP contribution >= 0.6 is 11.3 Å². The topological polar surface area (TPSA) is 81.7 Å². The molecule has 1 amide bonds. The number of thiophene rings is 1. The molecule has 156 valence electrons. The molecule has 1 N–H and O–H groups in total. The fraction of sp³-hybridized carbons (Fsp3) is 0.409. The number of hydrogen-bond donors (Lipinski definition) is 1. The van der Waals surface area contributed by atoms with E-state index in [9.17, 15) is 14.4 Å². The molecule has 0 radical (unpaired) electrons. The lowest BCUT2D eigenvalue weighted by atomic mass is 9.99. The predicted molar refractivity (Wildman–Crippen MR) is 113 cm³/mol. The molecule has 0 saturated heterocycles. The Morgan fingerprint density at radius 3 is 2.38 bits per heavy atom. The van der Waals surface area contributed by atoms with Crippen molar-refractivity contribution < 1.29 is 23.9 Å². The number of anilines is 1. The van der Waals surface area contributed by atoms with E-state index in [1.165, 1.54) is 11.3 Å². The molecule has 0 unspecified atom stereocenters. The van der Waals surface area contributed by atoms with E-state index in [2.05, 4.69) is 12.2 Å². The first-order valence-electron chi connectivity index (χ1n) is 9.77. The van der Waals surface area contributed by atoms with E-state index < -0.39 is 5.97 Å². The Balaban J connectivity index is 2.12. The van der Waals surface area contributed by atoms with E-state index in [-0.39, 0.29) is 37.2 Å². The molecule has 7 heteroatoms. The normalized spacial score (nSPS) is 11.6. The lowest BCUT2D eigenvalue weighted by Gasteiger charge is -2.09. The third-order valence-electron chi connectivity index (χ3n) is 4.32. The number of carbonyl (C=O) groups excluding carboxylic acids is 3. The van der Waals surface area contributed by atoms with Gasteiger partial charge >= 0.3 is 11.9 Å². The average molecular weight is 418 g/mol. The molecule has 2 aromatic rings. The van der Waals surface area contributed by atoms with Crippen molar-refractivity contribution in [1.29, 1.82) is 0 Å². The van der Waals surface area contributed by atoms with Gasteiger partial charge in [0, 0.05) is 23.6 Å². The van der Waals surface area contributed by atoms with Crippen molar-refractivity contribution >= 4 is 34.2 Å². The van der Waals surface area contributed by atoms with Crippen LogP contribution in [0.5, 0.6) is 0 Å². The standard InChI is InChI=1S/C22H27NO5S/c1-4-27-20(25)13-9-12-19(24)23-21-17(22(26)28-5-2)14-18(29-21)15(3)16-10-7-6-8-11-16/h6-8,10-11,14-15H,4-5,9,12-13H2,1-3H3,(H,23,24)/t15-/m1/s1. The van der Waals surface area contributed by atoms with E-state index >= 15 is 0 Å². The molecule has 0 fully saturated rings. The van der Waals surface area contributed by atoms with Crippen molar-refractivity contribution in [2.75, 3.05) is 18.5 Å². The fourth-order valence-corrected chi connectivity index (χ4v) is 3.94. The Kier molecular flexibility index (Phi) is 8.86. The SMILES string of the molecule is CCOC(=O)CCCC(=O)Nc1sc([C@H](C)c2ccccc2)cc1C(=O)OCC. The van der Waals surface area contributed by atoms with Crippen LogP contribution in [0, 0.1) is 0 Å². The first-order chi connectivity index (χ1) is 14.0. The van der Waals surface area contributed by atoms with E-state index in [1.54, 1.807) is 19.9 Å². The van der Waals surface area contributed by atoms with Crippen molar-refractivity contribution in [2.24, 2.45) is 0 Å². The summed E-state index contributed by atoms with van der Waals surface area (Å²) in [5, 5.41) is 3.28. The molecule has 0 aliphatic rings. The molecule has 0 bridgehead atoms. The second-order valence-electron chi connectivity index (χ2n) is 6.45. The highest BCUT2D eigenvalue weighted by atomic mass is 32.1. The van der Waals surface area contributed by atoms with E-state index in [0.717, 1.165) is 10.4 Å². The highest BCUT2D eigenvalue weighted by Gasteiger charge is 2.22. The average Bonchev–Trinajstić information content (AvgIpc) is 3.12. The number of ether oxygens (including phenoxy) is 2. The summed E-state index contributed by atoms with van der Waals surface area (Å²) in [5.41, 5.74) is 1.48. The van der Waals surface area contributed by atoms with Gasteiger partial charge < -0.3 is 14.8 Å². The number of rotatable bonds is 10. The number of nitrogens with one attached hydrogen (secondary N) is 1. The van der Waals surface area contributed by atoms with Crippen LogP contribution in [-0.4, -0.2) is 31.1 Å². The minimum atomic E-state index is -0.461. The Labute approximate surface area is 175 Å². The smallest absolute Gasteiger partial charge is 0.341 e. The molecular formula is C22H27NO5S. The van der Waals surface area contributed by atoms with Crippen LogP contribution in [0.1, 0.15) is 66.8 Å². The molecule has 1 heterocycles. The van der Waals surface area contributed by atoms with Gasteiger partial charge in [-0.15, -0.1) is 11.3 Å². The highest BCUT2D eigenvalue weighted by Crippen LogP contribution is 2.36. The highest BCUT2D eigenvalue weighted by molar-refractivity contribution is 7.16. The zero-order chi connectivity index (χ0) is 21.2. The van der Waals surface area contributed by atoms with Crippen molar-refractivity contribution in [3.05, 3.63) is 52.4 Å². The van der Waals surface area contributed by atoms with Crippen LogP contribution in [0.25, 0.3) is 0 Å². The zero-order valence-corrected chi connectivity index (χ0v) is 17.8. The summed E-state index contributed by atoms with van der Waals surface area (Å²) < 4.78 is 10.0. The third kappa shape index (κ3) is 6.71. The van der Waals surface area contributed by atoms with E-state index in [4.69, 9.17) is 9.47 Å². The van der Waals surface area contributed by atoms with Gasteiger partial charge in [-0.25, -0.2) is 4.79 Å². The minimum Gasteiger partial charge on any atom is -0.466 e. The lowest BCUT2D eigenvalue weighted by Crippen LogP contribution is -2.14. The van der Waals surface area contributed by atoms with Crippen LogP contribution in [0.15, 0.2) is 36.4 Å². The Hall–Kier alpha value is -2.67. The molecule has 29 heavy (non-hydrogen) atoms. The number of hydrogen-bond acceptors (Lipinski definition) is 6. The molecular weight excluding hydrogens is 390 g/mol. The molecule has 0 aliphatic carbocycles. The number of amides is 1. The fourth-order valence-electron chi connectivity index (χ4n) is 2.80. The van der Waals surface area contributed by atoms with Crippen molar-refractivity contribution in [3.8, 4) is 0 Å². The molecule has 2 rings (SSSR count). The molecule has 0 spiro atoms. The summed E-state index contributed by atoms with van der Waals surface area (Å²) in [4.78, 5) is 37.0. The number of benzene rings is 1. The summed E-state index contributed by atoms with van der Waals surface area (Å²) in [5.74, 6) is -0.954. The summed E-state index contributed by atoms with van der Waals surface area (Å²) >= 11 is 1.37. The maximum absolute atomic E-state index is 12.4. The van der Waals surface area contributed by atoms with Crippen LogP contribution < -0.4 is 5.32 Å². The zero-order valence-electron chi connectivity index (χ0n) is 17.0. The van der Waals surface area contributed by atoms with Gasteiger partial charge in [0.05, 0.1) is 18.8 Å². The van der Waals surface area contributed by atoms with E-state index in [0.29, 0.717) is 23.6 Å². The van der Waals surface area contributed by atoms with Crippen LogP contribution in [0.3, 0.4) is 0 Å². The van der Waals surface area contributed by atoms with E-state index in [1.807, 2.05) is 30.3 Å². The Morgan fingerprint density at radius 1 is 1.03 bits per heavy atom. The molecule has 6 nitrogen and oxygen atoms in total. The minimum absolute atomic E-state index is 0.0730. The van der Waals surface area contributed by atoms with Crippen LogP contribution in [0.2, 0.25) is 0 Å². The molecule has 1 aromatic carbocycles. The van der Waals surface area contributed by atoms with Gasteiger partial charge in [-0.2, -0.15) is 0 Å². The number of carbonyl (C=O) groups is 3. The quantitative estimate of drug-likeness (QED) is 0.564. The van der Waals surface area contributed by atoms with Gasteiger partial charge in [-0.05, 0) is 31.9 Å². The largest absolute Gasteiger partial charge is 0.466 e. The van der Waals surface area contributed by atoms with Crippen molar-refractivity contribution in [1.82, 2.24) is 0 Å². The van der Waals surface area contributed by atoms with Crippen LogP contribution in [0.4, 0.5) is 5.00 Å². The van der Waals surface area contributed by atoms with Gasteiger partial charge in [0.1, 0.15) is 5.00 Å². The molecule has 1 atom stereocenters. The monoisotopic (exact) mass is 417 g/mol. The summed E-state index contributed by atoms with van der Waals surface area (Å²) in [6.07, 6.45) is 0.743. The molecule has 0 saturated carbocycles. The summed E-state index contributed by atoms with van der Waals surface area (Å²) in [6, 6.07) is 11.7. The summed E-state index contributed by atoms with van der Waals surface area (Å²) in [7, 11) is 0. The van der Waals surface area contributed by atoms with Gasteiger partial charge in [0.25, 0.3) is 0 Å². The van der Waals surface area contributed by atoms with Gasteiger partial charge in [0.2, 0.25) is 5.91 Å². The van der Waals surface area contributed by atoms with Crippen molar-refractivity contribution in [2.45, 2.75) is 46.0 Å². The Bertz CT molecular complexity index is 831. The second-order valence-corrected chi connectivity index (χ2v) is 7.53. The van der Waals surface area contributed by atoms with Crippen LogP contribution in [-0.2, 0) is 19.1 Å². The lowest BCUT2D eigenvalue weighted by molar-refractivity contribution is -0.143. The summed E-state index contributed by atoms with van der Waals surface area (Å²) in [6.45, 7) is 6.12. The third-order valence-corrected chi connectivity index (χ3v) is 5.55. The molecule has 1 aromatic heterocycles.